The fraction of sp³-hybridized carbons (Fsp3) is 0.889. The molecule has 1 aliphatic heterocycles. The third-order valence-electron chi connectivity index (χ3n) is 2.55. The van der Waals surface area contributed by atoms with Crippen molar-refractivity contribution < 1.29 is 9.90 Å². The molecular formula is C9H18N2O2. The summed E-state index contributed by atoms with van der Waals surface area (Å²) in [6.07, 6.45) is 4.07. The van der Waals surface area contributed by atoms with Crippen LogP contribution in [0.5, 0.6) is 0 Å². The van der Waals surface area contributed by atoms with E-state index in [1.165, 1.54) is 0 Å². The van der Waals surface area contributed by atoms with Crippen LogP contribution in [-0.4, -0.2) is 41.7 Å². The second-order valence-corrected chi connectivity index (χ2v) is 3.60. The summed E-state index contributed by atoms with van der Waals surface area (Å²) in [5.74, 6) is -0.254. The fourth-order valence-electron chi connectivity index (χ4n) is 1.96. The molecule has 0 radical (unpaired) electrons. The van der Waals surface area contributed by atoms with Gasteiger partial charge in [-0.1, -0.05) is 0 Å². The second kappa shape index (κ2) is 5.19. The van der Waals surface area contributed by atoms with Crippen LogP contribution >= 0.6 is 0 Å². The Hall–Kier alpha value is -0.610. The van der Waals surface area contributed by atoms with E-state index in [4.69, 9.17) is 10.8 Å². The molecule has 1 aliphatic rings. The first kappa shape index (κ1) is 10.5. The SMILES string of the molecule is NC(=O)CN1CCCC1CCCO. The number of hydrogen-bond acceptors (Lipinski definition) is 3. The molecule has 0 saturated carbocycles. The zero-order chi connectivity index (χ0) is 9.68. The van der Waals surface area contributed by atoms with Crippen molar-refractivity contribution in [3.05, 3.63) is 0 Å². The van der Waals surface area contributed by atoms with Crippen LogP contribution < -0.4 is 5.73 Å². The summed E-state index contributed by atoms with van der Waals surface area (Å²) in [7, 11) is 0. The van der Waals surface area contributed by atoms with E-state index >= 15 is 0 Å². The Balaban J connectivity index is 2.30. The second-order valence-electron chi connectivity index (χ2n) is 3.60. The van der Waals surface area contributed by atoms with E-state index in [1.54, 1.807) is 0 Å². The Morgan fingerprint density at radius 3 is 3.00 bits per heavy atom. The molecule has 1 atom stereocenters. The lowest BCUT2D eigenvalue weighted by atomic mass is 10.1. The average molecular weight is 186 g/mol. The van der Waals surface area contributed by atoms with Gasteiger partial charge in [0.1, 0.15) is 0 Å². The monoisotopic (exact) mass is 186 g/mol. The van der Waals surface area contributed by atoms with Gasteiger partial charge in [0.15, 0.2) is 0 Å². The molecule has 1 heterocycles. The highest BCUT2D eigenvalue weighted by Gasteiger charge is 2.24. The lowest BCUT2D eigenvalue weighted by Gasteiger charge is -2.22. The summed E-state index contributed by atoms with van der Waals surface area (Å²) in [6, 6.07) is 0.458. The number of primary amides is 1. The van der Waals surface area contributed by atoms with Gasteiger partial charge in [0.25, 0.3) is 0 Å². The molecule has 13 heavy (non-hydrogen) atoms. The Labute approximate surface area is 78.7 Å². The number of nitrogens with two attached hydrogens (primary N) is 1. The summed E-state index contributed by atoms with van der Waals surface area (Å²) < 4.78 is 0. The zero-order valence-electron chi connectivity index (χ0n) is 7.91. The van der Waals surface area contributed by atoms with Gasteiger partial charge in [-0.25, -0.2) is 0 Å². The van der Waals surface area contributed by atoms with Crippen LogP contribution in [0.25, 0.3) is 0 Å². The van der Waals surface area contributed by atoms with Gasteiger partial charge in [0, 0.05) is 12.6 Å². The summed E-state index contributed by atoms with van der Waals surface area (Å²) in [6.45, 7) is 1.58. The third kappa shape index (κ3) is 3.32. The highest BCUT2D eigenvalue weighted by molar-refractivity contribution is 5.76. The number of amides is 1. The number of nitrogens with zero attached hydrogens (tertiary/aromatic N) is 1. The molecular weight excluding hydrogens is 168 g/mol. The van der Waals surface area contributed by atoms with E-state index in [-0.39, 0.29) is 12.5 Å². The molecule has 76 valence electrons. The van der Waals surface area contributed by atoms with Crippen molar-refractivity contribution in [1.82, 2.24) is 4.90 Å². The Kier molecular flexibility index (Phi) is 4.18. The van der Waals surface area contributed by atoms with E-state index in [0.29, 0.717) is 12.6 Å². The molecule has 1 rings (SSSR count). The molecule has 0 aromatic rings. The zero-order valence-corrected chi connectivity index (χ0v) is 7.91. The highest BCUT2D eigenvalue weighted by Crippen LogP contribution is 2.20. The number of rotatable bonds is 5. The van der Waals surface area contributed by atoms with Gasteiger partial charge in [-0.3, -0.25) is 9.69 Å². The Morgan fingerprint density at radius 2 is 2.38 bits per heavy atom. The lowest BCUT2D eigenvalue weighted by Crippen LogP contribution is -2.37. The van der Waals surface area contributed by atoms with Gasteiger partial charge >= 0.3 is 0 Å². The Bertz CT molecular complexity index is 173. The number of hydrogen-bond donors (Lipinski definition) is 2. The van der Waals surface area contributed by atoms with Crippen molar-refractivity contribution in [2.45, 2.75) is 31.7 Å². The third-order valence-corrected chi connectivity index (χ3v) is 2.55. The van der Waals surface area contributed by atoms with Crippen LogP contribution in [0.4, 0.5) is 0 Å². The number of carbonyl (C=O) groups is 1. The van der Waals surface area contributed by atoms with Crippen molar-refractivity contribution in [3.63, 3.8) is 0 Å². The van der Waals surface area contributed by atoms with E-state index in [1.807, 2.05) is 0 Å². The first-order valence-corrected chi connectivity index (χ1v) is 4.87. The largest absolute Gasteiger partial charge is 0.396 e. The molecule has 4 nitrogen and oxygen atoms in total. The summed E-state index contributed by atoms with van der Waals surface area (Å²) >= 11 is 0. The molecule has 0 aliphatic carbocycles. The maximum absolute atomic E-state index is 10.7. The molecule has 0 aromatic heterocycles. The van der Waals surface area contributed by atoms with E-state index < -0.39 is 0 Å². The van der Waals surface area contributed by atoms with Crippen LogP contribution in [0.3, 0.4) is 0 Å². The van der Waals surface area contributed by atoms with Crippen molar-refractivity contribution >= 4 is 5.91 Å². The topological polar surface area (TPSA) is 66.6 Å². The van der Waals surface area contributed by atoms with Crippen LogP contribution in [0.1, 0.15) is 25.7 Å². The maximum atomic E-state index is 10.7. The Morgan fingerprint density at radius 1 is 1.62 bits per heavy atom. The standard InChI is InChI=1S/C9H18N2O2/c10-9(13)7-11-5-1-3-8(11)4-2-6-12/h8,12H,1-7H2,(H2,10,13). The van der Waals surface area contributed by atoms with Gasteiger partial charge < -0.3 is 10.8 Å². The van der Waals surface area contributed by atoms with Gasteiger partial charge in [-0.05, 0) is 32.2 Å². The number of carbonyl (C=O) groups excluding carboxylic acids is 1. The minimum absolute atomic E-state index is 0.237. The summed E-state index contributed by atoms with van der Waals surface area (Å²) in [4.78, 5) is 12.8. The number of aliphatic hydroxyl groups is 1. The van der Waals surface area contributed by atoms with Crippen molar-refractivity contribution in [2.75, 3.05) is 19.7 Å². The van der Waals surface area contributed by atoms with Gasteiger partial charge in [-0.15, -0.1) is 0 Å². The molecule has 3 N–H and O–H groups in total. The molecule has 1 unspecified atom stereocenters. The molecule has 4 heteroatoms. The molecule has 1 amide bonds. The van der Waals surface area contributed by atoms with Gasteiger partial charge in [0.05, 0.1) is 6.54 Å². The van der Waals surface area contributed by atoms with Crippen LogP contribution in [-0.2, 0) is 4.79 Å². The minimum Gasteiger partial charge on any atom is -0.396 e. The van der Waals surface area contributed by atoms with Crippen LogP contribution in [0, 0.1) is 0 Å². The van der Waals surface area contributed by atoms with Gasteiger partial charge in [0.2, 0.25) is 5.91 Å². The van der Waals surface area contributed by atoms with Gasteiger partial charge in [-0.2, -0.15) is 0 Å². The van der Waals surface area contributed by atoms with Crippen molar-refractivity contribution in [3.8, 4) is 0 Å². The fourth-order valence-corrected chi connectivity index (χ4v) is 1.96. The van der Waals surface area contributed by atoms with Crippen LogP contribution in [0.15, 0.2) is 0 Å². The summed E-state index contributed by atoms with van der Waals surface area (Å²) in [5.41, 5.74) is 5.13. The normalized spacial score (nSPS) is 23.6. The highest BCUT2D eigenvalue weighted by atomic mass is 16.2. The smallest absolute Gasteiger partial charge is 0.231 e. The van der Waals surface area contributed by atoms with E-state index in [9.17, 15) is 4.79 Å². The average Bonchev–Trinajstić information content (AvgIpc) is 2.48. The molecule has 0 spiro atoms. The minimum atomic E-state index is -0.254. The van der Waals surface area contributed by atoms with Crippen LogP contribution in [0.2, 0.25) is 0 Å². The van der Waals surface area contributed by atoms with E-state index in [2.05, 4.69) is 4.90 Å². The maximum Gasteiger partial charge on any atom is 0.231 e. The first-order chi connectivity index (χ1) is 6.24. The predicted molar refractivity (Wildman–Crippen MR) is 50.1 cm³/mol. The van der Waals surface area contributed by atoms with Crippen molar-refractivity contribution in [2.24, 2.45) is 5.73 Å². The summed E-state index contributed by atoms with van der Waals surface area (Å²) in [5, 5.41) is 8.68. The first-order valence-electron chi connectivity index (χ1n) is 4.87. The van der Waals surface area contributed by atoms with E-state index in [0.717, 1.165) is 32.2 Å². The quantitative estimate of drug-likeness (QED) is 0.620. The number of likely N-dealkylation sites (tertiary alicyclic amines) is 1. The molecule has 0 bridgehead atoms. The molecule has 0 aromatic carbocycles. The lowest BCUT2D eigenvalue weighted by molar-refractivity contribution is -0.119. The molecule has 1 saturated heterocycles. The number of aliphatic hydroxyl groups excluding tert-OH is 1. The molecule has 1 fully saturated rings. The predicted octanol–water partition coefficient (Wildman–Crippen LogP) is -0.291. The van der Waals surface area contributed by atoms with Crippen molar-refractivity contribution in [1.29, 1.82) is 0 Å².